The lowest BCUT2D eigenvalue weighted by atomic mass is 9.95. The van der Waals surface area contributed by atoms with Crippen LogP contribution in [0.3, 0.4) is 0 Å². The van der Waals surface area contributed by atoms with Gasteiger partial charge in [-0.05, 0) is 24.6 Å². The van der Waals surface area contributed by atoms with Crippen LogP contribution < -0.4 is 4.90 Å². The summed E-state index contributed by atoms with van der Waals surface area (Å²) in [6.07, 6.45) is 0. The van der Waals surface area contributed by atoms with Gasteiger partial charge in [-0.15, -0.1) is 0 Å². The van der Waals surface area contributed by atoms with Crippen molar-refractivity contribution in [2.24, 2.45) is 0 Å². The molecule has 0 aliphatic carbocycles. The highest BCUT2D eigenvalue weighted by Crippen LogP contribution is 2.42. The van der Waals surface area contributed by atoms with E-state index in [1.807, 2.05) is 0 Å². The number of pyridine rings is 1. The van der Waals surface area contributed by atoms with Crippen LogP contribution in [0.2, 0.25) is 0 Å². The molecule has 1 N–H and O–H groups in total. The Morgan fingerprint density at radius 2 is 1.74 bits per heavy atom. The number of carbonyl (C=O) groups excluding carboxylic acids is 2. The monoisotopic (exact) mass is 415 g/mol. The molecule has 31 heavy (non-hydrogen) atoms. The van der Waals surface area contributed by atoms with Gasteiger partial charge in [0.15, 0.2) is 0 Å². The van der Waals surface area contributed by atoms with Gasteiger partial charge in [0, 0.05) is 23.4 Å². The quantitative estimate of drug-likeness (QED) is 0.227. The second-order valence-electron chi connectivity index (χ2n) is 7.02. The van der Waals surface area contributed by atoms with Crippen LogP contribution in [0.15, 0.2) is 78.4 Å². The number of hydrogen-bond donors (Lipinski definition) is 1. The largest absolute Gasteiger partial charge is 0.507 e. The predicted molar refractivity (Wildman–Crippen MR) is 113 cm³/mol. The van der Waals surface area contributed by atoms with Crippen molar-refractivity contribution in [3.63, 3.8) is 0 Å². The van der Waals surface area contributed by atoms with Crippen LogP contribution in [0.25, 0.3) is 5.76 Å². The standard InChI is InChI=1S/C23H17N3O5/c1-14-7-5-12-18(24-14)25-20(16-10-6-11-17(13-16)26(30)31)19(22(28)23(25)29)21(27)15-8-3-2-4-9-15/h2-13,20,27H,1H3. The van der Waals surface area contributed by atoms with Crippen LogP contribution in [-0.4, -0.2) is 26.7 Å². The van der Waals surface area contributed by atoms with E-state index in [1.165, 1.54) is 23.1 Å². The van der Waals surface area contributed by atoms with Gasteiger partial charge in [-0.25, -0.2) is 4.98 Å². The maximum atomic E-state index is 13.0. The third kappa shape index (κ3) is 3.55. The fourth-order valence-electron chi connectivity index (χ4n) is 3.61. The smallest absolute Gasteiger partial charge is 0.301 e. The Morgan fingerprint density at radius 3 is 2.42 bits per heavy atom. The Labute approximate surface area is 177 Å². The zero-order chi connectivity index (χ0) is 22.1. The number of benzene rings is 2. The molecule has 1 fully saturated rings. The molecule has 154 valence electrons. The molecule has 1 amide bonds. The average molecular weight is 415 g/mol. The maximum Gasteiger partial charge on any atom is 0.301 e. The minimum absolute atomic E-state index is 0.153. The van der Waals surface area contributed by atoms with Gasteiger partial charge in [-0.3, -0.25) is 24.6 Å². The summed E-state index contributed by atoms with van der Waals surface area (Å²) in [6, 6.07) is 17.9. The number of hydrogen-bond acceptors (Lipinski definition) is 6. The average Bonchev–Trinajstić information content (AvgIpc) is 3.04. The second-order valence-corrected chi connectivity index (χ2v) is 7.02. The summed E-state index contributed by atoms with van der Waals surface area (Å²) >= 11 is 0. The van der Waals surface area contributed by atoms with Crippen molar-refractivity contribution < 1.29 is 19.6 Å². The van der Waals surface area contributed by atoms with Gasteiger partial charge in [0.05, 0.1) is 16.5 Å². The molecule has 0 saturated carbocycles. The van der Waals surface area contributed by atoms with Gasteiger partial charge < -0.3 is 5.11 Å². The van der Waals surface area contributed by atoms with E-state index in [1.54, 1.807) is 61.5 Å². The lowest BCUT2D eigenvalue weighted by Gasteiger charge is -2.24. The first-order chi connectivity index (χ1) is 14.9. The summed E-state index contributed by atoms with van der Waals surface area (Å²) in [5, 5.41) is 22.3. The molecule has 2 heterocycles. The number of nitro benzene ring substituents is 1. The molecular weight excluding hydrogens is 398 g/mol. The third-order valence-electron chi connectivity index (χ3n) is 5.01. The number of aryl methyl sites for hydroxylation is 1. The van der Waals surface area contributed by atoms with Crippen molar-refractivity contribution in [2.45, 2.75) is 13.0 Å². The minimum atomic E-state index is -1.07. The molecular formula is C23H17N3O5. The molecule has 8 nitrogen and oxygen atoms in total. The van der Waals surface area contributed by atoms with Crippen molar-refractivity contribution in [3.05, 3.63) is 105 Å². The Kier molecular flexibility index (Phi) is 5.04. The van der Waals surface area contributed by atoms with E-state index in [0.717, 1.165) is 0 Å². The van der Waals surface area contributed by atoms with E-state index >= 15 is 0 Å². The number of aromatic nitrogens is 1. The Hall–Kier alpha value is -4.33. The van der Waals surface area contributed by atoms with Crippen molar-refractivity contribution in [3.8, 4) is 0 Å². The van der Waals surface area contributed by atoms with Crippen molar-refractivity contribution >= 4 is 29.0 Å². The SMILES string of the molecule is Cc1cccc(N2C(=O)C(=O)C(=C(O)c3ccccc3)C2c2cccc([N+](=O)[O-])c2)n1. The van der Waals surface area contributed by atoms with E-state index in [4.69, 9.17) is 0 Å². The molecule has 0 radical (unpaired) electrons. The first-order valence-corrected chi connectivity index (χ1v) is 9.43. The number of nitrogens with zero attached hydrogens (tertiary/aromatic N) is 3. The molecule has 3 aromatic rings. The van der Waals surface area contributed by atoms with Crippen LogP contribution in [0, 0.1) is 17.0 Å². The topological polar surface area (TPSA) is 114 Å². The molecule has 8 heteroatoms. The van der Waals surface area contributed by atoms with E-state index < -0.39 is 22.7 Å². The second kappa shape index (κ2) is 7.83. The van der Waals surface area contributed by atoms with E-state index in [-0.39, 0.29) is 22.8 Å². The maximum absolute atomic E-state index is 13.0. The minimum Gasteiger partial charge on any atom is -0.507 e. The van der Waals surface area contributed by atoms with Crippen LogP contribution in [0.5, 0.6) is 0 Å². The summed E-state index contributed by atoms with van der Waals surface area (Å²) in [6.45, 7) is 1.74. The summed E-state index contributed by atoms with van der Waals surface area (Å²) in [7, 11) is 0. The van der Waals surface area contributed by atoms with Gasteiger partial charge >= 0.3 is 5.91 Å². The van der Waals surface area contributed by atoms with Crippen molar-refractivity contribution in [1.82, 2.24) is 4.98 Å². The van der Waals surface area contributed by atoms with Crippen LogP contribution in [0.1, 0.15) is 22.9 Å². The number of ketones is 1. The number of amides is 1. The normalized spacial score (nSPS) is 17.7. The van der Waals surface area contributed by atoms with Gasteiger partial charge in [0.25, 0.3) is 11.5 Å². The first kappa shape index (κ1) is 20.0. The summed E-state index contributed by atoms with van der Waals surface area (Å²) in [4.78, 5) is 42.3. The Bertz CT molecular complexity index is 1240. The molecule has 1 aliphatic rings. The molecule has 2 aromatic carbocycles. The number of rotatable bonds is 4. The molecule has 1 aromatic heterocycles. The predicted octanol–water partition coefficient (Wildman–Crippen LogP) is 3.92. The number of nitro groups is 1. The summed E-state index contributed by atoms with van der Waals surface area (Å²) in [5.41, 5.74) is 0.947. The van der Waals surface area contributed by atoms with Crippen molar-refractivity contribution in [2.75, 3.05) is 4.90 Å². The lowest BCUT2D eigenvalue weighted by Crippen LogP contribution is -2.30. The third-order valence-corrected chi connectivity index (χ3v) is 5.01. The van der Waals surface area contributed by atoms with Crippen LogP contribution in [-0.2, 0) is 9.59 Å². The highest BCUT2D eigenvalue weighted by molar-refractivity contribution is 6.51. The van der Waals surface area contributed by atoms with Gasteiger partial charge in [-0.2, -0.15) is 0 Å². The highest BCUT2D eigenvalue weighted by atomic mass is 16.6. The number of carbonyl (C=O) groups is 2. The molecule has 1 aliphatic heterocycles. The first-order valence-electron chi connectivity index (χ1n) is 9.43. The van der Waals surface area contributed by atoms with Crippen molar-refractivity contribution in [1.29, 1.82) is 0 Å². The van der Waals surface area contributed by atoms with Crippen LogP contribution in [0.4, 0.5) is 11.5 Å². The number of anilines is 1. The van der Waals surface area contributed by atoms with E-state index in [0.29, 0.717) is 16.8 Å². The van der Waals surface area contributed by atoms with Gasteiger partial charge in [-0.1, -0.05) is 48.5 Å². The Balaban J connectivity index is 1.98. The van der Waals surface area contributed by atoms with E-state index in [2.05, 4.69) is 4.98 Å². The molecule has 0 spiro atoms. The molecule has 1 atom stereocenters. The van der Waals surface area contributed by atoms with Gasteiger partial charge in [0.2, 0.25) is 0 Å². The molecule has 0 bridgehead atoms. The number of non-ortho nitro benzene ring substituents is 1. The van der Waals surface area contributed by atoms with E-state index in [9.17, 15) is 24.8 Å². The van der Waals surface area contributed by atoms with Gasteiger partial charge in [0.1, 0.15) is 11.6 Å². The van der Waals surface area contributed by atoms with Crippen LogP contribution >= 0.6 is 0 Å². The number of aliphatic hydroxyl groups excluding tert-OH is 1. The number of aliphatic hydroxyl groups is 1. The lowest BCUT2D eigenvalue weighted by molar-refractivity contribution is -0.384. The fraction of sp³-hybridized carbons (Fsp3) is 0.0870. The summed E-state index contributed by atoms with van der Waals surface area (Å²) < 4.78 is 0. The zero-order valence-electron chi connectivity index (χ0n) is 16.4. The summed E-state index contributed by atoms with van der Waals surface area (Å²) in [5.74, 6) is -1.90. The zero-order valence-corrected chi connectivity index (χ0v) is 16.4. The fourth-order valence-corrected chi connectivity index (χ4v) is 3.61. The highest BCUT2D eigenvalue weighted by Gasteiger charge is 2.47. The molecule has 1 saturated heterocycles. The Morgan fingerprint density at radius 1 is 1.03 bits per heavy atom. The molecule has 4 rings (SSSR count). The number of Topliss-reactive ketones (excluding diaryl/α,β-unsaturated/α-hetero) is 1. The molecule has 1 unspecified atom stereocenters.